The summed E-state index contributed by atoms with van der Waals surface area (Å²) < 4.78 is 16.7. The van der Waals surface area contributed by atoms with Crippen molar-refractivity contribution in [1.29, 1.82) is 0 Å². The standard InChI is InChI=1S/C58H96O6/c1-4-7-10-13-16-18-20-22-24-26-28-29-31-32-34-36-38-40-42-45-48-51-57(60)63-54-55(53-62-56(59)50-47-44-15-12-9-6-3)64-58(61)52-49-46-43-41-39-37-35-33-30-27-25-23-21-19-17-14-11-8-5-2/h7,10,16-19,22-25,28-30,32-34,55H,4-6,8-9,11-15,20-21,26-27,31,35-54H2,1-3H3/b10-7-,18-16-,19-17-,24-22-,25-23-,29-28-,33-30-,34-32-. The Morgan fingerprint density at radius 1 is 0.328 bits per heavy atom. The van der Waals surface area contributed by atoms with Crippen molar-refractivity contribution < 1.29 is 28.6 Å². The second-order valence-electron chi connectivity index (χ2n) is 17.1. The molecule has 6 nitrogen and oxygen atoms in total. The van der Waals surface area contributed by atoms with Gasteiger partial charge in [0.25, 0.3) is 0 Å². The van der Waals surface area contributed by atoms with E-state index in [2.05, 4.69) is 118 Å². The summed E-state index contributed by atoms with van der Waals surface area (Å²) in [6, 6.07) is 0. The first kappa shape index (κ1) is 60.3. The summed E-state index contributed by atoms with van der Waals surface area (Å²) in [6.45, 7) is 6.40. The van der Waals surface area contributed by atoms with E-state index in [1.165, 1.54) is 57.8 Å². The van der Waals surface area contributed by atoms with Crippen molar-refractivity contribution >= 4 is 17.9 Å². The molecule has 1 atom stereocenters. The summed E-state index contributed by atoms with van der Waals surface area (Å²) in [4.78, 5) is 37.8. The van der Waals surface area contributed by atoms with Crippen LogP contribution >= 0.6 is 0 Å². The first-order chi connectivity index (χ1) is 31.5. The van der Waals surface area contributed by atoms with E-state index in [1.54, 1.807) is 0 Å². The van der Waals surface area contributed by atoms with Crippen LogP contribution in [0, 0.1) is 0 Å². The Morgan fingerprint density at radius 3 is 0.984 bits per heavy atom. The Hall–Kier alpha value is -3.67. The molecule has 0 spiro atoms. The van der Waals surface area contributed by atoms with E-state index in [9.17, 15) is 14.4 Å². The van der Waals surface area contributed by atoms with Gasteiger partial charge in [0.05, 0.1) is 0 Å². The quantitative estimate of drug-likeness (QED) is 0.0262. The molecule has 0 heterocycles. The largest absolute Gasteiger partial charge is 0.462 e. The second-order valence-corrected chi connectivity index (χ2v) is 17.1. The molecule has 0 amide bonds. The van der Waals surface area contributed by atoms with Gasteiger partial charge in [-0.15, -0.1) is 0 Å². The summed E-state index contributed by atoms with van der Waals surface area (Å²) >= 11 is 0. The van der Waals surface area contributed by atoms with Gasteiger partial charge in [-0.1, -0.05) is 208 Å². The number of allylic oxidation sites excluding steroid dienone is 16. The fraction of sp³-hybridized carbons (Fsp3) is 0.672. The summed E-state index contributed by atoms with van der Waals surface area (Å²) in [6.07, 6.45) is 68.4. The highest BCUT2D eigenvalue weighted by atomic mass is 16.6. The van der Waals surface area contributed by atoms with E-state index < -0.39 is 6.10 Å². The molecule has 364 valence electrons. The molecule has 0 fully saturated rings. The summed E-state index contributed by atoms with van der Waals surface area (Å²) in [5.41, 5.74) is 0. The molecule has 0 saturated heterocycles. The molecule has 0 aromatic rings. The van der Waals surface area contributed by atoms with Crippen LogP contribution < -0.4 is 0 Å². The van der Waals surface area contributed by atoms with Crippen molar-refractivity contribution in [3.05, 3.63) is 97.2 Å². The smallest absolute Gasteiger partial charge is 0.306 e. The Bertz CT molecular complexity index is 1300. The van der Waals surface area contributed by atoms with Crippen LogP contribution in [0.1, 0.15) is 233 Å². The van der Waals surface area contributed by atoms with Gasteiger partial charge >= 0.3 is 17.9 Å². The Kier molecular flexibility index (Phi) is 49.0. The van der Waals surface area contributed by atoms with E-state index in [-0.39, 0.29) is 31.1 Å². The summed E-state index contributed by atoms with van der Waals surface area (Å²) in [5, 5.41) is 0. The number of unbranched alkanes of at least 4 members (excludes halogenated alkanes) is 19. The lowest BCUT2D eigenvalue weighted by Crippen LogP contribution is -2.30. The van der Waals surface area contributed by atoms with Crippen molar-refractivity contribution in [2.24, 2.45) is 0 Å². The predicted octanol–water partition coefficient (Wildman–Crippen LogP) is 17.4. The Labute approximate surface area is 394 Å². The zero-order valence-corrected chi connectivity index (χ0v) is 41.5. The lowest BCUT2D eigenvalue weighted by atomic mass is 10.1. The molecular formula is C58H96O6. The Morgan fingerprint density at radius 2 is 0.609 bits per heavy atom. The van der Waals surface area contributed by atoms with Crippen molar-refractivity contribution in [1.82, 2.24) is 0 Å². The minimum absolute atomic E-state index is 0.0904. The lowest BCUT2D eigenvalue weighted by Gasteiger charge is -2.18. The molecule has 0 bridgehead atoms. The molecule has 1 unspecified atom stereocenters. The van der Waals surface area contributed by atoms with Gasteiger partial charge in [0.2, 0.25) is 0 Å². The number of hydrogen-bond donors (Lipinski definition) is 0. The van der Waals surface area contributed by atoms with Gasteiger partial charge in [-0.3, -0.25) is 14.4 Å². The highest BCUT2D eigenvalue weighted by molar-refractivity contribution is 5.71. The molecule has 6 heteroatoms. The van der Waals surface area contributed by atoms with E-state index >= 15 is 0 Å². The monoisotopic (exact) mass is 889 g/mol. The van der Waals surface area contributed by atoms with Crippen LogP contribution in [0.25, 0.3) is 0 Å². The first-order valence-corrected chi connectivity index (χ1v) is 26.2. The minimum Gasteiger partial charge on any atom is -0.462 e. The van der Waals surface area contributed by atoms with Crippen LogP contribution in [-0.2, 0) is 28.6 Å². The highest BCUT2D eigenvalue weighted by Crippen LogP contribution is 2.13. The zero-order chi connectivity index (χ0) is 46.5. The van der Waals surface area contributed by atoms with Crippen LogP contribution in [0.3, 0.4) is 0 Å². The zero-order valence-electron chi connectivity index (χ0n) is 41.5. The van der Waals surface area contributed by atoms with Gasteiger partial charge in [-0.05, 0) is 103 Å². The lowest BCUT2D eigenvalue weighted by molar-refractivity contribution is -0.167. The SMILES string of the molecule is CC/C=C\C/C=C\C/C=C\C/C=C\C/C=C\CCCCCCCC(=O)OCC(COC(=O)CCCCCCCC)OC(=O)CCCCCCCC/C=C\C/C=C\C/C=C\CCCCC. The maximum atomic E-state index is 12.8. The number of hydrogen-bond acceptors (Lipinski definition) is 6. The van der Waals surface area contributed by atoms with Gasteiger partial charge < -0.3 is 14.2 Å². The number of ether oxygens (including phenoxy) is 3. The number of carbonyl (C=O) groups excluding carboxylic acids is 3. The average Bonchev–Trinajstić information content (AvgIpc) is 3.29. The van der Waals surface area contributed by atoms with E-state index in [0.717, 1.165) is 135 Å². The summed E-state index contributed by atoms with van der Waals surface area (Å²) in [5.74, 6) is -0.935. The first-order valence-electron chi connectivity index (χ1n) is 26.2. The van der Waals surface area contributed by atoms with Gasteiger partial charge in [-0.25, -0.2) is 0 Å². The van der Waals surface area contributed by atoms with E-state index in [1.807, 2.05) is 0 Å². The summed E-state index contributed by atoms with van der Waals surface area (Å²) in [7, 11) is 0. The molecule has 0 rings (SSSR count). The maximum absolute atomic E-state index is 12.8. The van der Waals surface area contributed by atoms with Crippen molar-refractivity contribution in [3.63, 3.8) is 0 Å². The van der Waals surface area contributed by atoms with Crippen LogP contribution in [0.5, 0.6) is 0 Å². The third-order valence-electron chi connectivity index (χ3n) is 10.8. The Balaban J connectivity index is 4.29. The third kappa shape index (κ3) is 49.3. The average molecular weight is 889 g/mol. The van der Waals surface area contributed by atoms with Gasteiger partial charge in [0.15, 0.2) is 6.10 Å². The molecule has 0 aliphatic rings. The molecule has 64 heavy (non-hydrogen) atoms. The van der Waals surface area contributed by atoms with Crippen LogP contribution in [0.15, 0.2) is 97.2 Å². The molecule has 0 aromatic heterocycles. The fourth-order valence-corrected chi connectivity index (χ4v) is 6.89. The molecule has 0 N–H and O–H groups in total. The molecular weight excluding hydrogens is 793 g/mol. The third-order valence-corrected chi connectivity index (χ3v) is 10.8. The molecule has 0 saturated carbocycles. The van der Waals surface area contributed by atoms with Gasteiger partial charge in [0.1, 0.15) is 13.2 Å². The minimum atomic E-state index is -0.790. The van der Waals surface area contributed by atoms with Crippen LogP contribution in [0.2, 0.25) is 0 Å². The van der Waals surface area contributed by atoms with Crippen molar-refractivity contribution in [2.75, 3.05) is 13.2 Å². The van der Waals surface area contributed by atoms with Crippen molar-refractivity contribution in [3.8, 4) is 0 Å². The molecule has 0 radical (unpaired) electrons. The topological polar surface area (TPSA) is 78.9 Å². The highest BCUT2D eigenvalue weighted by Gasteiger charge is 2.19. The van der Waals surface area contributed by atoms with Crippen LogP contribution in [-0.4, -0.2) is 37.2 Å². The molecule has 0 aromatic carbocycles. The van der Waals surface area contributed by atoms with Crippen LogP contribution in [0.4, 0.5) is 0 Å². The van der Waals surface area contributed by atoms with Crippen molar-refractivity contribution in [2.45, 2.75) is 239 Å². The predicted molar refractivity (Wildman–Crippen MR) is 274 cm³/mol. The van der Waals surface area contributed by atoms with E-state index in [4.69, 9.17) is 14.2 Å². The number of rotatable bonds is 46. The molecule has 0 aliphatic heterocycles. The maximum Gasteiger partial charge on any atom is 0.306 e. The fourth-order valence-electron chi connectivity index (χ4n) is 6.89. The van der Waals surface area contributed by atoms with Gasteiger partial charge in [0, 0.05) is 19.3 Å². The molecule has 0 aliphatic carbocycles. The van der Waals surface area contributed by atoms with Gasteiger partial charge in [-0.2, -0.15) is 0 Å². The van der Waals surface area contributed by atoms with E-state index in [0.29, 0.717) is 19.3 Å². The normalized spacial score (nSPS) is 12.9. The second kappa shape index (κ2) is 52.0. The number of carbonyl (C=O) groups is 3. The number of esters is 3.